The monoisotopic (exact) mass is 172 g/mol. The molecule has 0 radical (unpaired) electrons. The van der Waals surface area contributed by atoms with Gasteiger partial charge in [-0.15, -0.1) is 0 Å². The first-order chi connectivity index (χ1) is 5.79. The summed E-state index contributed by atoms with van der Waals surface area (Å²) >= 11 is 0. The molecule has 0 bridgehead atoms. The molecule has 0 saturated carbocycles. The molecule has 1 aliphatic heterocycles. The van der Waals surface area contributed by atoms with Crippen LogP contribution in [0.15, 0.2) is 0 Å². The normalized spacial score (nSPS) is 18.3. The standard InChI is InChI=1S/C8H16N2O2/c11-10(12)8-4-3-7-9-5-1-2-6-9/h1-8H2. The van der Waals surface area contributed by atoms with Crippen LogP contribution >= 0.6 is 0 Å². The minimum Gasteiger partial charge on any atom is -0.303 e. The van der Waals surface area contributed by atoms with Crippen molar-refractivity contribution in [2.75, 3.05) is 26.2 Å². The van der Waals surface area contributed by atoms with E-state index >= 15 is 0 Å². The van der Waals surface area contributed by atoms with Crippen LogP contribution in [-0.2, 0) is 0 Å². The van der Waals surface area contributed by atoms with Crippen LogP contribution in [0.4, 0.5) is 0 Å². The maximum atomic E-state index is 9.99. The van der Waals surface area contributed by atoms with Gasteiger partial charge in [0.1, 0.15) is 0 Å². The summed E-state index contributed by atoms with van der Waals surface area (Å²) < 4.78 is 0. The molecule has 0 aromatic carbocycles. The van der Waals surface area contributed by atoms with Gasteiger partial charge in [0, 0.05) is 11.3 Å². The summed E-state index contributed by atoms with van der Waals surface area (Å²) in [5.41, 5.74) is 0. The summed E-state index contributed by atoms with van der Waals surface area (Å²) in [5.74, 6) is 0. The highest BCUT2D eigenvalue weighted by Crippen LogP contribution is 2.07. The van der Waals surface area contributed by atoms with Crippen molar-refractivity contribution in [1.29, 1.82) is 0 Å². The zero-order chi connectivity index (χ0) is 8.81. The lowest BCUT2D eigenvalue weighted by Crippen LogP contribution is -2.20. The number of hydrogen-bond acceptors (Lipinski definition) is 3. The van der Waals surface area contributed by atoms with Gasteiger partial charge >= 0.3 is 0 Å². The van der Waals surface area contributed by atoms with E-state index in [9.17, 15) is 10.1 Å². The van der Waals surface area contributed by atoms with Crippen LogP contribution in [0.1, 0.15) is 25.7 Å². The van der Waals surface area contributed by atoms with Crippen molar-refractivity contribution in [2.45, 2.75) is 25.7 Å². The fraction of sp³-hybridized carbons (Fsp3) is 1.00. The van der Waals surface area contributed by atoms with Crippen LogP contribution in [-0.4, -0.2) is 36.0 Å². The van der Waals surface area contributed by atoms with Crippen LogP contribution in [0.5, 0.6) is 0 Å². The Hall–Kier alpha value is -0.640. The molecule has 70 valence electrons. The number of rotatable bonds is 5. The number of nitrogens with zero attached hydrogens (tertiary/aromatic N) is 2. The van der Waals surface area contributed by atoms with Gasteiger partial charge in [-0.25, -0.2) is 0 Å². The first-order valence-electron chi connectivity index (χ1n) is 4.63. The fourth-order valence-electron chi connectivity index (χ4n) is 1.58. The Morgan fingerprint density at radius 3 is 2.50 bits per heavy atom. The van der Waals surface area contributed by atoms with Gasteiger partial charge < -0.3 is 4.90 Å². The Bertz CT molecular complexity index is 144. The second-order valence-electron chi connectivity index (χ2n) is 3.31. The molecule has 0 N–H and O–H groups in total. The van der Waals surface area contributed by atoms with Gasteiger partial charge in [0.15, 0.2) is 0 Å². The summed E-state index contributed by atoms with van der Waals surface area (Å²) in [7, 11) is 0. The minimum atomic E-state index is -0.232. The lowest BCUT2D eigenvalue weighted by Gasteiger charge is -2.12. The molecular weight excluding hydrogens is 156 g/mol. The average molecular weight is 172 g/mol. The molecule has 0 amide bonds. The van der Waals surface area contributed by atoms with Crippen LogP contribution in [0.2, 0.25) is 0 Å². The molecule has 0 unspecified atom stereocenters. The summed E-state index contributed by atoms with van der Waals surface area (Å²) in [5, 5.41) is 9.99. The molecule has 4 heteroatoms. The molecule has 0 spiro atoms. The third-order valence-corrected chi connectivity index (χ3v) is 2.26. The van der Waals surface area contributed by atoms with E-state index in [2.05, 4.69) is 4.90 Å². The van der Waals surface area contributed by atoms with E-state index in [-0.39, 0.29) is 11.5 Å². The number of nitro groups is 1. The van der Waals surface area contributed by atoms with E-state index in [0.717, 1.165) is 19.4 Å². The molecule has 0 aromatic heterocycles. The van der Waals surface area contributed by atoms with Gasteiger partial charge in [-0.3, -0.25) is 10.1 Å². The van der Waals surface area contributed by atoms with Crippen molar-refractivity contribution in [3.05, 3.63) is 10.1 Å². The van der Waals surface area contributed by atoms with Gasteiger partial charge in [-0.2, -0.15) is 0 Å². The first kappa shape index (κ1) is 9.45. The first-order valence-corrected chi connectivity index (χ1v) is 4.63. The highest BCUT2D eigenvalue weighted by molar-refractivity contribution is 4.65. The zero-order valence-corrected chi connectivity index (χ0v) is 7.37. The molecule has 4 nitrogen and oxygen atoms in total. The van der Waals surface area contributed by atoms with Gasteiger partial charge in [0.2, 0.25) is 6.54 Å². The second kappa shape index (κ2) is 5.09. The van der Waals surface area contributed by atoms with Gasteiger partial charge in [-0.1, -0.05) is 0 Å². The maximum Gasteiger partial charge on any atom is 0.203 e. The smallest absolute Gasteiger partial charge is 0.203 e. The molecule has 0 aliphatic carbocycles. The largest absolute Gasteiger partial charge is 0.303 e. The highest BCUT2D eigenvalue weighted by Gasteiger charge is 2.10. The number of hydrogen-bond donors (Lipinski definition) is 0. The fourth-order valence-corrected chi connectivity index (χ4v) is 1.58. The lowest BCUT2D eigenvalue weighted by atomic mass is 10.3. The predicted octanol–water partition coefficient (Wildman–Crippen LogP) is 1.14. The van der Waals surface area contributed by atoms with E-state index in [0.29, 0.717) is 0 Å². The minimum absolute atomic E-state index is 0.133. The third-order valence-electron chi connectivity index (χ3n) is 2.26. The predicted molar refractivity (Wildman–Crippen MR) is 46.8 cm³/mol. The quantitative estimate of drug-likeness (QED) is 0.355. The molecular formula is C8H16N2O2. The average Bonchev–Trinajstić information content (AvgIpc) is 2.49. The number of unbranched alkanes of at least 4 members (excludes halogenated alkanes) is 1. The SMILES string of the molecule is O=[N+]([O-])CCCCN1CCCC1. The van der Waals surface area contributed by atoms with Crippen molar-refractivity contribution in [3.63, 3.8) is 0 Å². The third kappa shape index (κ3) is 3.67. The Balaban J connectivity index is 1.91. The Morgan fingerprint density at radius 2 is 1.92 bits per heavy atom. The van der Waals surface area contributed by atoms with Crippen molar-refractivity contribution in [2.24, 2.45) is 0 Å². The van der Waals surface area contributed by atoms with Crippen molar-refractivity contribution in [3.8, 4) is 0 Å². The molecule has 1 heterocycles. The summed E-state index contributed by atoms with van der Waals surface area (Å²) in [6.45, 7) is 3.57. The van der Waals surface area contributed by atoms with Crippen molar-refractivity contribution >= 4 is 0 Å². The van der Waals surface area contributed by atoms with Gasteiger partial charge in [0.05, 0.1) is 0 Å². The molecule has 1 fully saturated rings. The molecule has 0 aromatic rings. The Kier molecular flexibility index (Phi) is 4.00. The van der Waals surface area contributed by atoms with Crippen LogP contribution in [0.25, 0.3) is 0 Å². The zero-order valence-electron chi connectivity index (χ0n) is 7.37. The van der Waals surface area contributed by atoms with E-state index in [1.807, 2.05) is 0 Å². The molecule has 0 atom stereocenters. The van der Waals surface area contributed by atoms with E-state index < -0.39 is 0 Å². The Morgan fingerprint density at radius 1 is 1.25 bits per heavy atom. The summed E-state index contributed by atoms with van der Waals surface area (Å²) in [6, 6.07) is 0. The van der Waals surface area contributed by atoms with E-state index in [1.165, 1.54) is 25.9 Å². The molecule has 1 rings (SSSR count). The summed E-state index contributed by atoms with van der Waals surface area (Å²) in [4.78, 5) is 12.1. The lowest BCUT2D eigenvalue weighted by molar-refractivity contribution is -0.480. The van der Waals surface area contributed by atoms with Crippen LogP contribution in [0.3, 0.4) is 0 Å². The van der Waals surface area contributed by atoms with Crippen molar-refractivity contribution in [1.82, 2.24) is 4.90 Å². The van der Waals surface area contributed by atoms with Gasteiger partial charge in [-0.05, 0) is 38.9 Å². The Labute approximate surface area is 72.7 Å². The molecule has 12 heavy (non-hydrogen) atoms. The second-order valence-corrected chi connectivity index (χ2v) is 3.31. The van der Waals surface area contributed by atoms with Crippen molar-refractivity contribution < 1.29 is 4.92 Å². The highest BCUT2D eigenvalue weighted by atomic mass is 16.6. The molecule has 1 saturated heterocycles. The van der Waals surface area contributed by atoms with E-state index in [4.69, 9.17) is 0 Å². The van der Waals surface area contributed by atoms with Crippen LogP contribution in [0, 0.1) is 10.1 Å². The van der Waals surface area contributed by atoms with Gasteiger partial charge in [0.25, 0.3) is 0 Å². The maximum absolute atomic E-state index is 9.99. The number of likely N-dealkylation sites (tertiary alicyclic amines) is 1. The topological polar surface area (TPSA) is 46.4 Å². The van der Waals surface area contributed by atoms with E-state index in [1.54, 1.807) is 0 Å². The van der Waals surface area contributed by atoms with Crippen LogP contribution < -0.4 is 0 Å². The molecule has 1 aliphatic rings. The summed E-state index contributed by atoms with van der Waals surface area (Å²) in [6.07, 6.45) is 4.30.